The zero-order valence-electron chi connectivity index (χ0n) is 9.89. The van der Waals surface area contributed by atoms with Gasteiger partial charge in [-0.15, -0.1) is 0 Å². The number of nitrogens with zero attached hydrogens (tertiary/aromatic N) is 4. The van der Waals surface area contributed by atoms with Gasteiger partial charge in [-0.1, -0.05) is 17.7 Å². The Morgan fingerprint density at radius 3 is 2.89 bits per heavy atom. The SMILES string of the molecule is Cn1cnc(CNCc2ccc(C#N)cc2Cl)n1. The summed E-state index contributed by atoms with van der Waals surface area (Å²) in [6.45, 7) is 1.19. The molecule has 0 unspecified atom stereocenters. The molecule has 0 saturated heterocycles. The molecule has 0 saturated carbocycles. The van der Waals surface area contributed by atoms with E-state index in [1.165, 1.54) is 0 Å². The number of aromatic nitrogens is 3. The van der Waals surface area contributed by atoms with Crippen molar-refractivity contribution >= 4 is 11.6 Å². The summed E-state index contributed by atoms with van der Waals surface area (Å²) in [5.41, 5.74) is 1.52. The summed E-state index contributed by atoms with van der Waals surface area (Å²) in [7, 11) is 1.83. The molecule has 6 heteroatoms. The van der Waals surface area contributed by atoms with Crippen molar-refractivity contribution in [2.45, 2.75) is 13.1 Å². The van der Waals surface area contributed by atoms with Crippen molar-refractivity contribution in [3.8, 4) is 6.07 Å². The summed E-state index contributed by atoms with van der Waals surface area (Å²) in [5, 5.41) is 16.7. The van der Waals surface area contributed by atoms with Gasteiger partial charge in [0.25, 0.3) is 0 Å². The topological polar surface area (TPSA) is 66.5 Å². The second-order valence-electron chi connectivity index (χ2n) is 3.86. The van der Waals surface area contributed by atoms with Gasteiger partial charge in [0.05, 0.1) is 18.2 Å². The summed E-state index contributed by atoms with van der Waals surface area (Å²) in [5.74, 6) is 0.738. The van der Waals surface area contributed by atoms with Crippen molar-refractivity contribution in [3.05, 3.63) is 46.5 Å². The van der Waals surface area contributed by atoms with E-state index in [0.717, 1.165) is 11.4 Å². The zero-order chi connectivity index (χ0) is 13.0. The highest BCUT2D eigenvalue weighted by atomic mass is 35.5. The average Bonchev–Trinajstić information content (AvgIpc) is 2.77. The van der Waals surface area contributed by atoms with Gasteiger partial charge in [-0.05, 0) is 17.7 Å². The molecule has 2 aromatic rings. The Labute approximate surface area is 110 Å². The molecule has 0 amide bonds. The lowest BCUT2D eigenvalue weighted by Gasteiger charge is -2.05. The van der Waals surface area contributed by atoms with Gasteiger partial charge in [-0.2, -0.15) is 10.4 Å². The molecule has 0 fully saturated rings. The van der Waals surface area contributed by atoms with Crippen molar-refractivity contribution in [1.29, 1.82) is 5.26 Å². The first-order valence-electron chi connectivity index (χ1n) is 5.43. The van der Waals surface area contributed by atoms with Gasteiger partial charge in [-0.3, -0.25) is 4.68 Å². The van der Waals surface area contributed by atoms with E-state index in [0.29, 0.717) is 23.7 Å². The van der Waals surface area contributed by atoms with Crippen LogP contribution in [0.25, 0.3) is 0 Å². The van der Waals surface area contributed by atoms with Gasteiger partial charge < -0.3 is 5.32 Å². The van der Waals surface area contributed by atoms with E-state index < -0.39 is 0 Å². The fourth-order valence-corrected chi connectivity index (χ4v) is 1.78. The average molecular weight is 262 g/mol. The second-order valence-corrected chi connectivity index (χ2v) is 4.26. The molecule has 1 N–H and O–H groups in total. The molecular weight excluding hydrogens is 250 g/mol. The van der Waals surface area contributed by atoms with Gasteiger partial charge in [0.1, 0.15) is 6.33 Å². The molecule has 18 heavy (non-hydrogen) atoms. The number of rotatable bonds is 4. The first-order valence-corrected chi connectivity index (χ1v) is 5.80. The predicted molar refractivity (Wildman–Crippen MR) is 67.7 cm³/mol. The number of hydrogen-bond donors (Lipinski definition) is 1. The van der Waals surface area contributed by atoms with Crippen LogP contribution in [0.5, 0.6) is 0 Å². The summed E-state index contributed by atoms with van der Waals surface area (Å²) in [4.78, 5) is 4.11. The third kappa shape index (κ3) is 3.06. The van der Waals surface area contributed by atoms with Crippen LogP contribution in [0.1, 0.15) is 17.0 Å². The third-order valence-electron chi connectivity index (χ3n) is 2.43. The first-order chi connectivity index (χ1) is 8.69. The van der Waals surface area contributed by atoms with E-state index in [1.807, 2.05) is 13.1 Å². The number of halogens is 1. The molecular formula is C12H12ClN5. The molecule has 0 bridgehead atoms. The number of benzene rings is 1. The lowest BCUT2D eigenvalue weighted by atomic mass is 10.1. The minimum absolute atomic E-state index is 0.565. The van der Waals surface area contributed by atoms with Crippen LogP contribution >= 0.6 is 11.6 Å². The van der Waals surface area contributed by atoms with Gasteiger partial charge in [0.2, 0.25) is 0 Å². The van der Waals surface area contributed by atoms with E-state index in [2.05, 4.69) is 21.5 Å². The Morgan fingerprint density at radius 2 is 2.28 bits per heavy atom. The minimum Gasteiger partial charge on any atom is -0.306 e. The first kappa shape index (κ1) is 12.6. The van der Waals surface area contributed by atoms with Gasteiger partial charge in [0.15, 0.2) is 5.82 Å². The number of aryl methyl sites for hydroxylation is 1. The molecule has 1 aromatic heterocycles. The lowest BCUT2D eigenvalue weighted by molar-refractivity contribution is 0.649. The maximum absolute atomic E-state index is 8.74. The molecule has 1 heterocycles. The molecule has 1 aromatic carbocycles. The van der Waals surface area contributed by atoms with E-state index in [-0.39, 0.29) is 0 Å². The van der Waals surface area contributed by atoms with E-state index in [4.69, 9.17) is 16.9 Å². The maximum atomic E-state index is 8.74. The molecule has 92 valence electrons. The highest BCUT2D eigenvalue weighted by Crippen LogP contribution is 2.17. The second kappa shape index (κ2) is 5.63. The van der Waals surface area contributed by atoms with Crippen molar-refractivity contribution in [2.24, 2.45) is 7.05 Å². The van der Waals surface area contributed by atoms with Crippen LogP contribution in [0.15, 0.2) is 24.5 Å². The third-order valence-corrected chi connectivity index (χ3v) is 2.78. The van der Waals surface area contributed by atoms with Crippen LogP contribution in [-0.2, 0) is 20.1 Å². The highest BCUT2D eigenvalue weighted by Gasteiger charge is 2.03. The Kier molecular flexibility index (Phi) is 3.92. The fourth-order valence-electron chi connectivity index (χ4n) is 1.53. The van der Waals surface area contributed by atoms with Crippen LogP contribution < -0.4 is 5.32 Å². The molecule has 0 aliphatic rings. The fraction of sp³-hybridized carbons (Fsp3) is 0.250. The molecule has 0 aliphatic heterocycles. The molecule has 5 nitrogen and oxygen atoms in total. The molecule has 2 rings (SSSR count). The van der Waals surface area contributed by atoms with E-state index >= 15 is 0 Å². The smallest absolute Gasteiger partial charge is 0.164 e. The number of nitrogens with one attached hydrogen (secondary N) is 1. The largest absolute Gasteiger partial charge is 0.306 e. The Balaban J connectivity index is 1.92. The normalized spacial score (nSPS) is 10.3. The van der Waals surface area contributed by atoms with Crippen LogP contribution in [0.4, 0.5) is 0 Å². The maximum Gasteiger partial charge on any atom is 0.164 e. The van der Waals surface area contributed by atoms with Gasteiger partial charge in [0, 0.05) is 18.6 Å². The van der Waals surface area contributed by atoms with Crippen molar-refractivity contribution in [1.82, 2.24) is 20.1 Å². The lowest BCUT2D eigenvalue weighted by Crippen LogP contribution is -2.14. The van der Waals surface area contributed by atoms with Crippen molar-refractivity contribution in [2.75, 3.05) is 0 Å². The molecule has 0 atom stereocenters. The van der Waals surface area contributed by atoms with Crippen molar-refractivity contribution < 1.29 is 0 Å². The van der Waals surface area contributed by atoms with Gasteiger partial charge in [-0.25, -0.2) is 4.98 Å². The minimum atomic E-state index is 0.565. The highest BCUT2D eigenvalue weighted by molar-refractivity contribution is 6.31. The summed E-state index contributed by atoms with van der Waals surface area (Å²) in [6, 6.07) is 7.32. The standard InChI is InChI=1S/C12H12ClN5/c1-18-8-16-12(17-18)7-15-6-10-3-2-9(5-14)4-11(10)13/h2-4,8,15H,6-7H2,1H3. The van der Waals surface area contributed by atoms with Crippen LogP contribution in [-0.4, -0.2) is 14.8 Å². The Hall–Kier alpha value is -1.90. The predicted octanol–water partition coefficient (Wildman–Crippen LogP) is 1.63. The van der Waals surface area contributed by atoms with Gasteiger partial charge >= 0.3 is 0 Å². The zero-order valence-corrected chi connectivity index (χ0v) is 10.6. The molecule has 0 spiro atoms. The quantitative estimate of drug-likeness (QED) is 0.908. The summed E-state index contributed by atoms with van der Waals surface area (Å²) < 4.78 is 1.66. The van der Waals surface area contributed by atoms with Crippen LogP contribution in [0, 0.1) is 11.3 Å². The van der Waals surface area contributed by atoms with Crippen LogP contribution in [0.3, 0.4) is 0 Å². The monoisotopic (exact) mass is 261 g/mol. The van der Waals surface area contributed by atoms with E-state index in [1.54, 1.807) is 23.1 Å². The molecule has 0 radical (unpaired) electrons. The van der Waals surface area contributed by atoms with Crippen LogP contribution in [0.2, 0.25) is 5.02 Å². The number of hydrogen-bond acceptors (Lipinski definition) is 4. The Morgan fingerprint density at radius 1 is 1.44 bits per heavy atom. The van der Waals surface area contributed by atoms with E-state index in [9.17, 15) is 0 Å². The van der Waals surface area contributed by atoms with Crippen molar-refractivity contribution in [3.63, 3.8) is 0 Å². The summed E-state index contributed by atoms with van der Waals surface area (Å²) in [6.07, 6.45) is 1.66. The molecule has 0 aliphatic carbocycles. The Bertz CT molecular complexity index is 584. The number of nitriles is 1. The summed E-state index contributed by atoms with van der Waals surface area (Å²) >= 11 is 6.07.